The fraction of sp³-hybridized carbons (Fsp3) is 0.0588. The molecule has 0 unspecified atom stereocenters. The van der Waals surface area contributed by atoms with Crippen molar-refractivity contribution in [3.8, 4) is 0 Å². The minimum atomic E-state index is -1.13. The maximum atomic E-state index is 12.2. The third-order valence-corrected chi connectivity index (χ3v) is 3.64. The van der Waals surface area contributed by atoms with Gasteiger partial charge in [-0.15, -0.1) is 0 Å². The van der Waals surface area contributed by atoms with E-state index in [4.69, 9.17) is 16.7 Å². The number of nitrogens with zero attached hydrogens (tertiary/aromatic N) is 1. The highest BCUT2D eigenvalue weighted by Gasteiger charge is 2.11. The molecule has 2 N–H and O–H groups in total. The van der Waals surface area contributed by atoms with Gasteiger partial charge < -0.3 is 10.4 Å². The lowest BCUT2D eigenvalue weighted by Gasteiger charge is -2.08. The number of anilines is 1. The number of benzene rings is 2. The Bertz CT molecular complexity index is 875. The van der Waals surface area contributed by atoms with Crippen molar-refractivity contribution in [3.05, 3.63) is 74.3 Å². The van der Waals surface area contributed by atoms with Gasteiger partial charge in [0.1, 0.15) is 0 Å². The van der Waals surface area contributed by atoms with Crippen molar-refractivity contribution in [1.29, 1.82) is 0 Å². The number of hydrogen-bond acceptors (Lipinski definition) is 4. The molecule has 1 amide bonds. The zero-order valence-corrected chi connectivity index (χ0v) is 13.8. The lowest BCUT2D eigenvalue weighted by atomic mass is 10.1. The number of rotatable bonds is 5. The van der Waals surface area contributed by atoms with Crippen LogP contribution in [0.3, 0.4) is 0 Å². The molecule has 0 saturated carbocycles. The van der Waals surface area contributed by atoms with Gasteiger partial charge in [0.2, 0.25) is 0 Å². The Morgan fingerprint density at radius 3 is 2.40 bits per heavy atom. The number of nitrogens with one attached hydrogen (secondary N) is 1. The van der Waals surface area contributed by atoms with Crippen LogP contribution in [0.2, 0.25) is 5.02 Å². The largest absolute Gasteiger partial charge is 0.478 e. The molecule has 0 heterocycles. The van der Waals surface area contributed by atoms with Gasteiger partial charge in [-0.05, 0) is 48.9 Å². The summed E-state index contributed by atoms with van der Waals surface area (Å²) in [5.74, 6) is -1.60. The van der Waals surface area contributed by atoms with E-state index in [0.717, 1.165) is 0 Å². The van der Waals surface area contributed by atoms with E-state index in [0.29, 0.717) is 11.1 Å². The predicted molar refractivity (Wildman–Crippen MR) is 93.8 cm³/mol. The average Bonchev–Trinajstić information content (AvgIpc) is 2.57. The number of amides is 1. The number of non-ortho nitro benzene ring substituents is 1. The minimum Gasteiger partial charge on any atom is -0.478 e. The number of carboxylic acid groups (broad SMARTS) is 1. The fourth-order valence-electron chi connectivity index (χ4n) is 1.98. The number of halogens is 1. The Kier molecular flexibility index (Phi) is 5.51. The van der Waals surface area contributed by atoms with E-state index < -0.39 is 16.8 Å². The van der Waals surface area contributed by atoms with Crippen LogP contribution in [0.4, 0.5) is 11.4 Å². The first-order valence-corrected chi connectivity index (χ1v) is 7.42. The van der Waals surface area contributed by atoms with Crippen molar-refractivity contribution in [3.63, 3.8) is 0 Å². The Balaban J connectivity index is 2.18. The summed E-state index contributed by atoms with van der Waals surface area (Å²) >= 11 is 5.97. The van der Waals surface area contributed by atoms with E-state index in [-0.39, 0.29) is 22.0 Å². The third-order valence-electron chi connectivity index (χ3n) is 3.31. The molecule has 2 aromatic rings. The first-order chi connectivity index (χ1) is 11.8. The highest BCUT2D eigenvalue weighted by molar-refractivity contribution is 6.34. The SMILES string of the molecule is C/C(=C\c1ccc([N+](=O)[O-])cc1)C(=O)Nc1cc(C(=O)O)ccc1Cl. The molecule has 0 bridgehead atoms. The Labute approximate surface area is 147 Å². The normalized spacial score (nSPS) is 11.0. The number of carbonyl (C=O) groups excluding carboxylic acids is 1. The number of aromatic carboxylic acids is 1. The van der Waals surface area contributed by atoms with Crippen LogP contribution in [0.15, 0.2) is 48.0 Å². The highest BCUT2D eigenvalue weighted by atomic mass is 35.5. The molecule has 0 spiro atoms. The molecule has 0 aliphatic rings. The Morgan fingerprint density at radius 2 is 1.84 bits per heavy atom. The van der Waals surface area contributed by atoms with Gasteiger partial charge in [-0.3, -0.25) is 14.9 Å². The van der Waals surface area contributed by atoms with Gasteiger partial charge >= 0.3 is 5.97 Å². The van der Waals surface area contributed by atoms with Crippen LogP contribution in [0.1, 0.15) is 22.8 Å². The second-order valence-electron chi connectivity index (χ2n) is 5.13. The van der Waals surface area contributed by atoms with Crippen LogP contribution < -0.4 is 5.32 Å². The van der Waals surface area contributed by atoms with Gasteiger partial charge in [0, 0.05) is 17.7 Å². The summed E-state index contributed by atoms with van der Waals surface area (Å²) in [5, 5.41) is 22.4. The second kappa shape index (κ2) is 7.59. The van der Waals surface area contributed by atoms with Crippen LogP contribution in [-0.4, -0.2) is 21.9 Å². The van der Waals surface area contributed by atoms with Gasteiger partial charge in [-0.25, -0.2) is 4.79 Å². The van der Waals surface area contributed by atoms with E-state index in [1.807, 2.05) is 0 Å². The molecule has 25 heavy (non-hydrogen) atoms. The quantitative estimate of drug-likeness (QED) is 0.476. The van der Waals surface area contributed by atoms with E-state index in [2.05, 4.69) is 5.32 Å². The van der Waals surface area contributed by atoms with Crippen LogP contribution in [0.25, 0.3) is 6.08 Å². The fourth-order valence-corrected chi connectivity index (χ4v) is 2.15. The minimum absolute atomic E-state index is 0.00305. The molecule has 7 nitrogen and oxygen atoms in total. The van der Waals surface area contributed by atoms with Crippen molar-refractivity contribution in [2.75, 3.05) is 5.32 Å². The van der Waals surface area contributed by atoms with E-state index in [9.17, 15) is 19.7 Å². The van der Waals surface area contributed by atoms with Gasteiger partial charge in [0.15, 0.2) is 0 Å². The summed E-state index contributed by atoms with van der Waals surface area (Å²) in [5.41, 5.74) is 1.07. The van der Waals surface area contributed by atoms with Gasteiger partial charge in [-0.1, -0.05) is 11.6 Å². The van der Waals surface area contributed by atoms with Crippen LogP contribution in [0.5, 0.6) is 0 Å². The topological polar surface area (TPSA) is 110 Å². The van der Waals surface area contributed by atoms with Gasteiger partial charge in [0.05, 0.1) is 21.2 Å². The molecule has 0 saturated heterocycles. The zero-order valence-electron chi connectivity index (χ0n) is 13.0. The Morgan fingerprint density at radius 1 is 1.20 bits per heavy atom. The number of carboxylic acids is 1. The monoisotopic (exact) mass is 360 g/mol. The maximum absolute atomic E-state index is 12.2. The molecule has 0 aromatic heterocycles. The van der Waals surface area contributed by atoms with Crippen molar-refractivity contribution >= 4 is 40.9 Å². The number of carbonyl (C=O) groups is 2. The van der Waals surface area contributed by atoms with Gasteiger partial charge in [0.25, 0.3) is 11.6 Å². The number of nitro groups is 1. The second-order valence-corrected chi connectivity index (χ2v) is 5.54. The number of nitro benzene ring substituents is 1. The van der Waals surface area contributed by atoms with E-state index >= 15 is 0 Å². The van der Waals surface area contributed by atoms with E-state index in [1.54, 1.807) is 13.0 Å². The van der Waals surface area contributed by atoms with Crippen LogP contribution >= 0.6 is 11.6 Å². The molecule has 2 rings (SSSR count). The molecule has 0 atom stereocenters. The predicted octanol–water partition coefficient (Wildman–Crippen LogP) is 3.99. The molecule has 0 fully saturated rings. The molecule has 8 heteroatoms. The number of hydrogen-bond donors (Lipinski definition) is 2. The molecule has 128 valence electrons. The zero-order chi connectivity index (χ0) is 18.6. The van der Waals surface area contributed by atoms with Crippen LogP contribution in [0, 0.1) is 10.1 Å². The van der Waals surface area contributed by atoms with Gasteiger partial charge in [-0.2, -0.15) is 0 Å². The summed E-state index contributed by atoms with van der Waals surface area (Å²) < 4.78 is 0. The smallest absolute Gasteiger partial charge is 0.335 e. The maximum Gasteiger partial charge on any atom is 0.335 e. The molecular weight excluding hydrogens is 348 g/mol. The average molecular weight is 361 g/mol. The standard InChI is InChI=1S/C17H13ClN2O5/c1-10(8-11-2-5-13(6-3-11)20(24)25)16(21)19-15-9-12(17(22)23)4-7-14(15)18/h2-9H,1H3,(H,19,21)(H,22,23)/b10-8+. The molecule has 0 aliphatic heterocycles. The summed E-state index contributed by atoms with van der Waals surface area (Å²) in [6.45, 7) is 1.56. The van der Waals surface area contributed by atoms with Crippen molar-refractivity contribution in [1.82, 2.24) is 0 Å². The van der Waals surface area contributed by atoms with Crippen molar-refractivity contribution in [2.45, 2.75) is 6.92 Å². The third kappa shape index (κ3) is 4.65. The summed E-state index contributed by atoms with van der Waals surface area (Å²) in [6.07, 6.45) is 1.55. The molecule has 2 aromatic carbocycles. The first kappa shape index (κ1) is 18.2. The van der Waals surface area contributed by atoms with E-state index in [1.165, 1.54) is 42.5 Å². The Hall–Kier alpha value is -3.19. The summed E-state index contributed by atoms with van der Waals surface area (Å²) in [4.78, 5) is 33.3. The first-order valence-electron chi connectivity index (χ1n) is 7.05. The molecule has 0 radical (unpaired) electrons. The summed E-state index contributed by atoms with van der Waals surface area (Å²) in [6, 6.07) is 9.70. The van der Waals surface area contributed by atoms with Crippen LogP contribution in [-0.2, 0) is 4.79 Å². The van der Waals surface area contributed by atoms with Crippen molar-refractivity contribution in [2.24, 2.45) is 0 Å². The lowest BCUT2D eigenvalue weighted by molar-refractivity contribution is -0.384. The van der Waals surface area contributed by atoms with Crippen molar-refractivity contribution < 1.29 is 19.6 Å². The highest BCUT2D eigenvalue weighted by Crippen LogP contribution is 2.24. The summed E-state index contributed by atoms with van der Waals surface area (Å²) in [7, 11) is 0. The molecular formula is C17H13ClN2O5. The molecule has 0 aliphatic carbocycles. The lowest BCUT2D eigenvalue weighted by Crippen LogP contribution is -2.13.